The molecule has 242 valence electrons. The molecule has 0 spiro atoms. The fourth-order valence-corrected chi connectivity index (χ4v) is 7.93. The van der Waals surface area contributed by atoms with E-state index in [0.717, 1.165) is 50.0 Å². The van der Waals surface area contributed by atoms with Crippen molar-refractivity contribution in [2.45, 2.75) is 82.8 Å². The first-order valence-electron chi connectivity index (χ1n) is 15.7. The summed E-state index contributed by atoms with van der Waals surface area (Å²) in [6, 6.07) is 11.4. The van der Waals surface area contributed by atoms with E-state index in [4.69, 9.17) is 16.3 Å². The van der Waals surface area contributed by atoms with Crippen molar-refractivity contribution in [2.24, 2.45) is 0 Å². The summed E-state index contributed by atoms with van der Waals surface area (Å²) in [5, 5.41) is 9.61. The number of sulfone groups is 1. The molecule has 10 nitrogen and oxygen atoms in total. The molecule has 12 heteroatoms. The van der Waals surface area contributed by atoms with Crippen molar-refractivity contribution in [2.75, 3.05) is 36.0 Å². The molecule has 1 saturated carbocycles. The van der Waals surface area contributed by atoms with E-state index in [0.29, 0.717) is 42.3 Å². The molecular formula is C33H43ClN6O4S. The fourth-order valence-electron chi connectivity index (χ4n) is 6.30. The van der Waals surface area contributed by atoms with E-state index in [9.17, 15) is 13.2 Å². The first-order chi connectivity index (χ1) is 21.5. The molecule has 2 aromatic carbocycles. The SMILES string of the molecule is CCCS(=O)(=O)c1ccccc1Nc1nc(Nc2cc(C)c(C3CCC(N4CCNC(=O)C4)CC3)cc2OC(C)C)ncc1Cl. The van der Waals surface area contributed by atoms with Gasteiger partial charge in [-0.15, -0.1) is 0 Å². The number of nitrogens with one attached hydrogen (secondary N) is 3. The van der Waals surface area contributed by atoms with Crippen molar-refractivity contribution in [1.82, 2.24) is 20.2 Å². The highest BCUT2D eigenvalue weighted by Gasteiger charge is 2.30. The largest absolute Gasteiger partial charge is 0.489 e. The normalized spacial score (nSPS) is 19.3. The van der Waals surface area contributed by atoms with Crippen molar-refractivity contribution < 1.29 is 17.9 Å². The number of para-hydroxylation sites is 1. The third-order valence-corrected chi connectivity index (χ3v) is 10.6. The monoisotopic (exact) mass is 654 g/mol. The zero-order valence-electron chi connectivity index (χ0n) is 26.4. The Morgan fingerprint density at radius 3 is 2.58 bits per heavy atom. The molecule has 0 radical (unpaired) electrons. The van der Waals surface area contributed by atoms with E-state index in [-0.39, 0.29) is 33.5 Å². The minimum absolute atomic E-state index is 0.0442. The fraction of sp³-hybridized carbons (Fsp3) is 0.485. The van der Waals surface area contributed by atoms with Gasteiger partial charge >= 0.3 is 0 Å². The summed E-state index contributed by atoms with van der Waals surface area (Å²) < 4.78 is 32.1. The lowest BCUT2D eigenvalue weighted by atomic mass is 9.79. The number of carbonyl (C=O) groups excluding carboxylic acids is 1. The molecular weight excluding hydrogens is 612 g/mol. The summed E-state index contributed by atoms with van der Waals surface area (Å²) in [4.78, 5) is 23.4. The standard InChI is InChI=1S/C33H43ClN6O4S/c1-5-16-45(42,43)30-9-7-6-8-27(30)37-32-26(34)19-36-33(39-32)38-28-17-22(4)25(18-29(28)44-21(2)3)23-10-12-24(13-11-23)40-15-14-35-31(41)20-40/h6-9,17-19,21,23-24H,5,10-16,20H2,1-4H3,(H,35,41)(H2,36,37,38,39). The number of amides is 1. The van der Waals surface area contributed by atoms with E-state index in [2.05, 4.69) is 49.9 Å². The Morgan fingerprint density at radius 1 is 1.11 bits per heavy atom. The number of hydrogen-bond donors (Lipinski definition) is 3. The number of anilines is 4. The van der Waals surface area contributed by atoms with Crippen LogP contribution in [0.25, 0.3) is 0 Å². The molecule has 2 aliphatic rings. The predicted octanol–water partition coefficient (Wildman–Crippen LogP) is 6.35. The van der Waals surface area contributed by atoms with Crippen molar-refractivity contribution >= 4 is 50.5 Å². The van der Waals surface area contributed by atoms with Crippen LogP contribution in [0.2, 0.25) is 5.02 Å². The molecule has 2 fully saturated rings. The van der Waals surface area contributed by atoms with Crippen LogP contribution in [0.3, 0.4) is 0 Å². The summed E-state index contributed by atoms with van der Waals surface area (Å²) in [6.07, 6.45) is 6.19. The van der Waals surface area contributed by atoms with Crippen LogP contribution in [0.1, 0.15) is 69.9 Å². The number of hydrogen-bond acceptors (Lipinski definition) is 9. The number of carbonyl (C=O) groups is 1. The van der Waals surface area contributed by atoms with E-state index < -0.39 is 9.84 Å². The topological polar surface area (TPSA) is 126 Å². The molecule has 1 aliphatic carbocycles. The van der Waals surface area contributed by atoms with Crippen LogP contribution in [0.4, 0.5) is 23.1 Å². The second-order valence-electron chi connectivity index (χ2n) is 12.2. The van der Waals surface area contributed by atoms with Gasteiger partial charge in [-0.1, -0.05) is 30.7 Å². The highest BCUT2D eigenvalue weighted by atomic mass is 35.5. The Kier molecular flexibility index (Phi) is 10.5. The maximum atomic E-state index is 12.9. The van der Waals surface area contributed by atoms with Gasteiger partial charge in [0, 0.05) is 19.1 Å². The number of aryl methyl sites for hydroxylation is 1. The molecule has 0 atom stereocenters. The lowest BCUT2D eigenvalue weighted by Crippen LogP contribution is -2.52. The average Bonchev–Trinajstić information content (AvgIpc) is 3.00. The Balaban J connectivity index is 1.36. The number of benzene rings is 2. The van der Waals surface area contributed by atoms with Crippen LogP contribution in [-0.4, -0.2) is 66.7 Å². The molecule has 1 aromatic heterocycles. The summed E-state index contributed by atoms with van der Waals surface area (Å²) in [6.45, 7) is 10.1. The van der Waals surface area contributed by atoms with Gasteiger partial charge in [0.15, 0.2) is 15.7 Å². The molecule has 1 amide bonds. The highest BCUT2D eigenvalue weighted by molar-refractivity contribution is 7.91. The van der Waals surface area contributed by atoms with E-state index in [1.807, 2.05) is 20.8 Å². The Morgan fingerprint density at radius 2 is 1.87 bits per heavy atom. The van der Waals surface area contributed by atoms with E-state index in [1.54, 1.807) is 24.3 Å². The number of aromatic nitrogens is 2. The third-order valence-electron chi connectivity index (χ3n) is 8.39. The summed E-state index contributed by atoms with van der Waals surface area (Å²) in [5.41, 5.74) is 3.56. The maximum absolute atomic E-state index is 12.9. The molecule has 0 unspecified atom stereocenters. The van der Waals surface area contributed by atoms with Gasteiger partial charge in [0.2, 0.25) is 11.9 Å². The quantitative estimate of drug-likeness (QED) is 0.217. The van der Waals surface area contributed by atoms with Crippen molar-refractivity contribution in [1.29, 1.82) is 0 Å². The Hall–Kier alpha value is -3.41. The van der Waals surface area contributed by atoms with Crippen molar-refractivity contribution in [3.63, 3.8) is 0 Å². The Bertz CT molecular complexity index is 1630. The lowest BCUT2D eigenvalue weighted by Gasteiger charge is -2.39. The molecule has 2 heterocycles. The minimum Gasteiger partial charge on any atom is -0.489 e. The van der Waals surface area contributed by atoms with Crippen LogP contribution in [0.15, 0.2) is 47.5 Å². The van der Waals surface area contributed by atoms with Gasteiger partial charge in [0.05, 0.1) is 40.9 Å². The number of rotatable bonds is 11. The van der Waals surface area contributed by atoms with Gasteiger partial charge in [-0.05, 0) is 94.2 Å². The summed E-state index contributed by atoms with van der Waals surface area (Å²) in [7, 11) is -3.48. The number of ether oxygens (including phenoxy) is 1. The second kappa shape index (κ2) is 14.3. The average molecular weight is 655 g/mol. The van der Waals surface area contributed by atoms with Gasteiger partial charge in [0.1, 0.15) is 10.8 Å². The molecule has 45 heavy (non-hydrogen) atoms. The van der Waals surface area contributed by atoms with Crippen LogP contribution in [0.5, 0.6) is 5.75 Å². The van der Waals surface area contributed by atoms with E-state index in [1.165, 1.54) is 11.8 Å². The minimum atomic E-state index is -3.48. The number of piperazine rings is 1. The smallest absolute Gasteiger partial charge is 0.234 e. The molecule has 3 aromatic rings. The lowest BCUT2D eigenvalue weighted by molar-refractivity contribution is -0.125. The van der Waals surface area contributed by atoms with Gasteiger partial charge in [0.25, 0.3) is 0 Å². The molecule has 0 bridgehead atoms. The van der Waals surface area contributed by atoms with Gasteiger partial charge in [-0.2, -0.15) is 4.98 Å². The first kappa shape index (κ1) is 33.0. The van der Waals surface area contributed by atoms with Gasteiger partial charge < -0.3 is 20.7 Å². The van der Waals surface area contributed by atoms with Gasteiger partial charge in [-0.3, -0.25) is 9.69 Å². The summed E-state index contributed by atoms with van der Waals surface area (Å²) >= 11 is 6.46. The second-order valence-corrected chi connectivity index (χ2v) is 14.6. The molecule has 3 N–H and O–H groups in total. The van der Waals surface area contributed by atoms with Crippen LogP contribution in [0, 0.1) is 6.92 Å². The molecule has 1 saturated heterocycles. The van der Waals surface area contributed by atoms with Crippen molar-refractivity contribution in [3.05, 3.63) is 58.7 Å². The molecule has 5 rings (SSSR count). The zero-order chi connectivity index (χ0) is 32.1. The maximum Gasteiger partial charge on any atom is 0.234 e. The van der Waals surface area contributed by atoms with Crippen LogP contribution >= 0.6 is 11.6 Å². The Labute approximate surface area is 271 Å². The third kappa shape index (κ3) is 8.06. The van der Waals surface area contributed by atoms with E-state index >= 15 is 0 Å². The van der Waals surface area contributed by atoms with Crippen LogP contribution in [-0.2, 0) is 14.6 Å². The van der Waals surface area contributed by atoms with Gasteiger partial charge in [-0.25, -0.2) is 13.4 Å². The van der Waals surface area contributed by atoms with Crippen molar-refractivity contribution in [3.8, 4) is 5.75 Å². The number of nitrogens with zero attached hydrogens (tertiary/aromatic N) is 3. The highest BCUT2D eigenvalue weighted by Crippen LogP contribution is 2.41. The summed E-state index contributed by atoms with van der Waals surface area (Å²) in [5.74, 6) is 1.87. The zero-order valence-corrected chi connectivity index (χ0v) is 28.0. The predicted molar refractivity (Wildman–Crippen MR) is 179 cm³/mol. The van der Waals surface area contributed by atoms with Crippen LogP contribution < -0.4 is 20.7 Å². The first-order valence-corrected chi connectivity index (χ1v) is 17.8. The number of halogens is 1. The molecule has 1 aliphatic heterocycles.